The first-order chi connectivity index (χ1) is 10.3. The minimum atomic E-state index is -4.12. The molecule has 0 aliphatic carbocycles. The van der Waals surface area contributed by atoms with Gasteiger partial charge in [0.1, 0.15) is 12.1 Å². The quantitative estimate of drug-likeness (QED) is 0.460. The molecule has 8 heteroatoms. The molecule has 1 aromatic carbocycles. The molecule has 0 fully saturated rings. The van der Waals surface area contributed by atoms with Gasteiger partial charge in [-0.25, -0.2) is 13.9 Å². The number of nitrogens with one attached hydrogen (secondary N) is 1. The summed E-state index contributed by atoms with van der Waals surface area (Å²) < 4.78 is 25.9. The van der Waals surface area contributed by atoms with E-state index in [0.717, 1.165) is 0 Å². The molecule has 0 bridgehead atoms. The maximum absolute atomic E-state index is 12.7. The molecule has 1 rings (SSSR count). The average molecular weight is 326 g/mol. The molecule has 0 spiro atoms. The van der Waals surface area contributed by atoms with Crippen molar-refractivity contribution >= 4 is 15.9 Å². The zero-order valence-corrected chi connectivity index (χ0v) is 13.3. The number of nitrogens with zero attached hydrogens (tertiary/aromatic N) is 1. The van der Waals surface area contributed by atoms with E-state index in [1.165, 1.54) is 31.5 Å². The fraction of sp³-hybridized carbons (Fsp3) is 0.357. The molecule has 1 amide bonds. The number of carbonyl (C=O) groups is 1. The van der Waals surface area contributed by atoms with Crippen molar-refractivity contribution in [3.8, 4) is 11.8 Å². The third-order valence-corrected chi connectivity index (χ3v) is 4.67. The zero-order valence-electron chi connectivity index (χ0n) is 12.5. The van der Waals surface area contributed by atoms with E-state index in [0.29, 0.717) is 4.47 Å². The van der Waals surface area contributed by atoms with E-state index in [2.05, 4.69) is 11.8 Å². The molecule has 0 saturated heterocycles. The number of hydrogen-bond donors (Lipinski definition) is 2. The zero-order chi connectivity index (χ0) is 16.8. The number of hydrogen-bond acceptors (Lipinski definition) is 5. The summed E-state index contributed by atoms with van der Waals surface area (Å²) in [7, 11) is -4.12. The van der Waals surface area contributed by atoms with Crippen LogP contribution in [0.1, 0.15) is 20.8 Å². The molecule has 0 aromatic heterocycles. The van der Waals surface area contributed by atoms with Crippen molar-refractivity contribution in [1.82, 2.24) is 9.95 Å². The van der Waals surface area contributed by atoms with Crippen LogP contribution in [0.15, 0.2) is 35.2 Å². The Morgan fingerprint density at radius 2 is 1.95 bits per heavy atom. The predicted octanol–water partition coefficient (Wildman–Crippen LogP) is 0.916. The molecule has 0 radical (unpaired) electrons. The van der Waals surface area contributed by atoms with Gasteiger partial charge in [-0.05, 0) is 32.9 Å². The first-order valence-corrected chi connectivity index (χ1v) is 7.80. The summed E-state index contributed by atoms with van der Waals surface area (Å²) in [5, 5.41) is 8.82. The molecular weight excluding hydrogens is 308 g/mol. The van der Waals surface area contributed by atoms with E-state index in [-0.39, 0.29) is 11.5 Å². The molecule has 0 atom stereocenters. The Morgan fingerprint density at radius 1 is 1.36 bits per heavy atom. The number of sulfonamides is 1. The minimum Gasteiger partial charge on any atom is -0.289 e. The van der Waals surface area contributed by atoms with Gasteiger partial charge in [-0.1, -0.05) is 28.6 Å². The van der Waals surface area contributed by atoms with E-state index in [1.54, 1.807) is 25.1 Å². The third-order valence-electron chi connectivity index (χ3n) is 2.80. The Morgan fingerprint density at radius 3 is 2.45 bits per heavy atom. The lowest BCUT2D eigenvalue weighted by Gasteiger charge is -2.33. The van der Waals surface area contributed by atoms with Gasteiger partial charge in [0.05, 0.1) is 4.90 Å². The fourth-order valence-electron chi connectivity index (χ4n) is 1.60. The summed E-state index contributed by atoms with van der Waals surface area (Å²) in [5.74, 6) is 4.19. The van der Waals surface area contributed by atoms with Crippen molar-refractivity contribution in [2.75, 3.05) is 6.61 Å². The Labute approximate surface area is 129 Å². The topological polar surface area (TPSA) is 95.9 Å². The molecule has 120 valence electrons. The van der Waals surface area contributed by atoms with Crippen LogP contribution in [0, 0.1) is 11.8 Å². The highest BCUT2D eigenvalue weighted by atomic mass is 32.2. The molecule has 7 nitrogen and oxygen atoms in total. The van der Waals surface area contributed by atoms with E-state index in [9.17, 15) is 13.2 Å². The number of carbonyl (C=O) groups excluding carboxylic acids is 1. The van der Waals surface area contributed by atoms with Crippen LogP contribution < -0.4 is 5.48 Å². The Bertz CT molecular complexity index is 674. The second-order valence-corrected chi connectivity index (χ2v) is 6.50. The molecule has 0 heterocycles. The van der Waals surface area contributed by atoms with Crippen molar-refractivity contribution in [3.63, 3.8) is 0 Å². The van der Waals surface area contributed by atoms with E-state index < -0.39 is 21.5 Å². The van der Waals surface area contributed by atoms with Crippen molar-refractivity contribution in [3.05, 3.63) is 30.3 Å². The van der Waals surface area contributed by atoms with Crippen molar-refractivity contribution in [2.24, 2.45) is 0 Å². The fourth-order valence-corrected chi connectivity index (χ4v) is 3.17. The van der Waals surface area contributed by atoms with Gasteiger partial charge < -0.3 is 0 Å². The number of amides is 1. The summed E-state index contributed by atoms with van der Waals surface area (Å²) in [6.07, 6.45) is 0. The van der Waals surface area contributed by atoms with Gasteiger partial charge in [0, 0.05) is 0 Å². The average Bonchev–Trinajstić information content (AvgIpc) is 2.51. The van der Waals surface area contributed by atoms with Gasteiger partial charge in [0.15, 0.2) is 0 Å². The van der Waals surface area contributed by atoms with Gasteiger partial charge in [0.2, 0.25) is 0 Å². The maximum Gasteiger partial charge on any atom is 0.266 e. The Hall–Kier alpha value is -1.92. The van der Waals surface area contributed by atoms with Crippen LogP contribution >= 0.6 is 0 Å². The molecular formula is C14H18N2O5S. The first kappa shape index (κ1) is 18.1. The minimum absolute atomic E-state index is 0.0433. The van der Waals surface area contributed by atoms with Crippen molar-refractivity contribution < 1.29 is 23.3 Å². The van der Waals surface area contributed by atoms with Crippen molar-refractivity contribution in [2.45, 2.75) is 31.2 Å². The molecule has 22 heavy (non-hydrogen) atoms. The van der Waals surface area contributed by atoms with Crippen LogP contribution in [-0.2, 0) is 19.7 Å². The van der Waals surface area contributed by atoms with E-state index in [4.69, 9.17) is 10.0 Å². The first-order valence-electron chi connectivity index (χ1n) is 6.36. The van der Waals surface area contributed by atoms with E-state index in [1.807, 2.05) is 0 Å². The third kappa shape index (κ3) is 3.84. The highest BCUT2D eigenvalue weighted by molar-refractivity contribution is 7.89. The molecule has 0 aliphatic heterocycles. The SMILES string of the molecule is CC#CCON(C(C)(C)C(=O)NO)S(=O)(=O)c1ccccc1. The molecule has 1 aromatic rings. The lowest BCUT2D eigenvalue weighted by Crippen LogP contribution is -2.56. The van der Waals surface area contributed by atoms with Crippen LogP contribution in [-0.4, -0.2) is 36.1 Å². The lowest BCUT2D eigenvalue weighted by molar-refractivity contribution is -0.165. The van der Waals surface area contributed by atoms with Gasteiger partial charge in [-0.15, -0.1) is 5.92 Å². The highest BCUT2D eigenvalue weighted by Gasteiger charge is 2.44. The van der Waals surface area contributed by atoms with Crippen LogP contribution in [0.2, 0.25) is 0 Å². The van der Waals surface area contributed by atoms with Gasteiger partial charge in [-0.3, -0.25) is 14.8 Å². The predicted molar refractivity (Wildman–Crippen MR) is 78.9 cm³/mol. The molecule has 0 unspecified atom stereocenters. The van der Waals surface area contributed by atoms with Gasteiger partial charge in [-0.2, -0.15) is 0 Å². The van der Waals surface area contributed by atoms with Gasteiger partial charge >= 0.3 is 0 Å². The maximum atomic E-state index is 12.7. The van der Waals surface area contributed by atoms with E-state index >= 15 is 0 Å². The summed E-state index contributed by atoms with van der Waals surface area (Å²) in [4.78, 5) is 16.9. The normalized spacial score (nSPS) is 11.7. The summed E-state index contributed by atoms with van der Waals surface area (Å²) in [6.45, 7) is 3.96. The largest absolute Gasteiger partial charge is 0.289 e. The standard InChI is InChI=1S/C14H18N2O5S/c1-4-5-11-21-16(14(2,3)13(17)15-18)22(19,20)12-9-7-6-8-10-12/h6-10,18H,11H2,1-3H3,(H,15,17). The summed E-state index contributed by atoms with van der Waals surface area (Å²) in [5.41, 5.74) is -0.243. The second-order valence-electron chi connectivity index (χ2n) is 4.75. The number of benzene rings is 1. The Balaban J connectivity index is 3.30. The summed E-state index contributed by atoms with van der Waals surface area (Å²) >= 11 is 0. The van der Waals surface area contributed by atoms with Crippen LogP contribution in [0.3, 0.4) is 0 Å². The second kappa shape index (κ2) is 7.38. The van der Waals surface area contributed by atoms with Crippen LogP contribution in [0.25, 0.3) is 0 Å². The number of rotatable bonds is 6. The van der Waals surface area contributed by atoms with Crippen molar-refractivity contribution in [1.29, 1.82) is 0 Å². The lowest BCUT2D eigenvalue weighted by atomic mass is 10.1. The smallest absolute Gasteiger partial charge is 0.266 e. The summed E-state index contributed by atoms with van der Waals surface area (Å²) in [6, 6.07) is 7.53. The van der Waals surface area contributed by atoms with Crippen LogP contribution in [0.5, 0.6) is 0 Å². The molecule has 0 aliphatic rings. The van der Waals surface area contributed by atoms with Crippen LogP contribution in [0.4, 0.5) is 0 Å². The number of hydroxylamine groups is 2. The molecule has 2 N–H and O–H groups in total. The molecule has 0 saturated carbocycles. The monoisotopic (exact) mass is 326 g/mol. The Kier molecular flexibility index (Phi) is 6.08. The van der Waals surface area contributed by atoms with Gasteiger partial charge in [0.25, 0.3) is 15.9 Å². The highest BCUT2D eigenvalue weighted by Crippen LogP contribution is 2.25.